The average Bonchev–Trinajstić information content (AvgIpc) is 3.16. The fraction of sp³-hybridized carbons (Fsp3) is 0.625. The summed E-state index contributed by atoms with van der Waals surface area (Å²) in [6.07, 6.45) is 8.04. The topological polar surface area (TPSA) is 84.1 Å². The first-order chi connectivity index (χ1) is 17.0. The van der Waals surface area contributed by atoms with Crippen molar-refractivity contribution in [3.05, 3.63) is 45.0 Å². The minimum atomic E-state index is 0. The molecule has 6 nitrogen and oxygen atoms in total. The van der Waals surface area contributed by atoms with Gasteiger partial charge in [0.2, 0.25) is 0 Å². The summed E-state index contributed by atoms with van der Waals surface area (Å²) in [6.45, 7) is 34.2. The third-order valence-corrected chi connectivity index (χ3v) is 5.71. The smallest absolute Gasteiger partial charge is 0.648 e. The fourth-order valence-electron chi connectivity index (χ4n) is 3.06. The van der Waals surface area contributed by atoms with Gasteiger partial charge in [-0.2, -0.15) is 0 Å². The fourth-order valence-corrected chi connectivity index (χ4v) is 3.06. The molecule has 4 N–H and O–H groups in total. The normalized spacial score (nSPS) is 13.5. The van der Waals surface area contributed by atoms with E-state index in [1.807, 2.05) is 24.9 Å². The summed E-state index contributed by atoms with van der Waals surface area (Å²) < 4.78 is 0. The molecule has 0 amide bonds. The number of aromatic nitrogens is 2. The first-order valence-electron chi connectivity index (χ1n) is 13.7. The van der Waals surface area contributed by atoms with Gasteiger partial charge in [0.05, 0.1) is 0 Å². The molecule has 0 aromatic carbocycles. The Hall–Kier alpha value is -1.28. The van der Waals surface area contributed by atoms with Gasteiger partial charge < -0.3 is 9.97 Å². The van der Waals surface area contributed by atoms with E-state index in [0.717, 1.165) is 22.8 Å². The zero-order valence-corrected chi connectivity index (χ0v) is 31.4. The minimum Gasteiger partial charge on any atom is -0.648 e. The summed E-state index contributed by atoms with van der Waals surface area (Å²) in [5.74, 6) is 0. The molecule has 0 spiro atoms. The number of hydrogen-bond donors (Lipinski definition) is 4. The van der Waals surface area contributed by atoms with E-state index in [0.29, 0.717) is 0 Å². The zero-order chi connectivity index (χ0) is 29.7. The van der Waals surface area contributed by atoms with Crippen LogP contribution in [-0.2, 0) is 0 Å². The molecule has 7 heteroatoms. The Kier molecular flexibility index (Phi) is 14.1. The maximum Gasteiger partial charge on any atom is 2.00 e. The second-order valence-corrected chi connectivity index (χ2v) is 14.4. The maximum absolute atomic E-state index is 4.68. The second kappa shape index (κ2) is 14.6. The predicted molar refractivity (Wildman–Crippen MR) is 168 cm³/mol. The number of rotatable bonds is 4. The molecule has 0 saturated heterocycles. The molecule has 0 aliphatic carbocycles. The molecule has 212 valence electrons. The molecule has 0 aliphatic heterocycles. The predicted octanol–water partition coefficient (Wildman–Crippen LogP) is -0.668. The molecule has 2 aromatic rings. The van der Waals surface area contributed by atoms with Crippen molar-refractivity contribution in [2.45, 2.75) is 133 Å². The first kappa shape index (κ1) is 37.7. The van der Waals surface area contributed by atoms with E-state index in [-0.39, 0.29) is 67.6 Å². The van der Waals surface area contributed by atoms with E-state index in [1.54, 1.807) is 0 Å². The SMILES string of the molecule is Cc1c(C=[NH+]C(C)(C)C)[n-]c(C=[NH+]C(C)(C)C)c1C.Cc1c(C=[NH+]C(C)(C)C)[n-]c(C=[NH+]C(C)(C)C)c1C.[Sr+2]. The molecular formula is C32H56N6Sr+4. The van der Waals surface area contributed by atoms with Crippen LogP contribution in [0.3, 0.4) is 0 Å². The molecule has 0 unspecified atom stereocenters. The molecule has 2 aromatic heterocycles. The van der Waals surface area contributed by atoms with Crippen molar-refractivity contribution in [2.75, 3.05) is 0 Å². The summed E-state index contributed by atoms with van der Waals surface area (Å²) in [4.78, 5) is 22.8. The van der Waals surface area contributed by atoms with Crippen LogP contribution >= 0.6 is 0 Å². The summed E-state index contributed by atoms with van der Waals surface area (Å²) in [5, 5.41) is 0. The molecule has 0 bridgehead atoms. The van der Waals surface area contributed by atoms with Crippen LogP contribution in [-0.4, -0.2) is 92.5 Å². The van der Waals surface area contributed by atoms with Gasteiger partial charge in [-0.25, -0.2) is 20.0 Å². The van der Waals surface area contributed by atoms with E-state index in [2.05, 4.69) is 141 Å². The monoisotopic (exact) mass is 612 g/mol. The standard InChI is InChI=1S/2C16H26N3.Sr/c2*1-11-12(2)14(10-18-16(6,7)8)19-13(11)9-17-15(3,4)5;/h2*9-10H,1-8H3;/q2*-1;+2/p+4. The van der Waals surface area contributed by atoms with Crippen molar-refractivity contribution in [1.82, 2.24) is 9.97 Å². The van der Waals surface area contributed by atoms with Crippen LogP contribution in [0, 0.1) is 27.7 Å². The van der Waals surface area contributed by atoms with Gasteiger partial charge in [0, 0.05) is 0 Å². The quantitative estimate of drug-likeness (QED) is 0.273. The zero-order valence-electron chi connectivity index (χ0n) is 27.9. The van der Waals surface area contributed by atoms with Gasteiger partial charge in [-0.05, 0) is 111 Å². The van der Waals surface area contributed by atoms with E-state index >= 15 is 0 Å². The number of nitrogens with one attached hydrogen (secondary N) is 4. The van der Waals surface area contributed by atoms with Gasteiger partial charge in [-0.15, -0.1) is 0 Å². The van der Waals surface area contributed by atoms with Crippen molar-refractivity contribution in [3.63, 3.8) is 0 Å². The summed E-state index contributed by atoms with van der Waals surface area (Å²) >= 11 is 0. The molecule has 2 rings (SSSR count). The van der Waals surface area contributed by atoms with Crippen LogP contribution < -0.4 is 29.9 Å². The summed E-state index contributed by atoms with van der Waals surface area (Å²) in [6, 6.07) is 0. The molecule has 39 heavy (non-hydrogen) atoms. The molecular weight excluding hydrogens is 556 g/mol. The molecule has 0 radical (unpaired) electrons. The van der Waals surface area contributed by atoms with E-state index in [1.165, 1.54) is 22.3 Å². The Labute approximate surface area is 276 Å². The average molecular weight is 612 g/mol. The van der Waals surface area contributed by atoms with Crippen LogP contribution in [0.15, 0.2) is 0 Å². The molecule has 0 fully saturated rings. The van der Waals surface area contributed by atoms with Gasteiger partial charge in [-0.3, -0.25) is 0 Å². The van der Waals surface area contributed by atoms with Gasteiger partial charge in [0.15, 0.2) is 22.2 Å². The van der Waals surface area contributed by atoms with Crippen LogP contribution in [0.1, 0.15) is 128 Å². The number of nitrogens with zero attached hydrogens (tertiary/aromatic N) is 2. The van der Waals surface area contributed by atoms with Crippen LogP contribution in [0.2, 0.25) is 0 Å². The Morgan fingerprint density at radius 2 is 0.538 bits per heavy atom. The van der Waals surface area contributed by atoms with Crippen molar-refractivity contribution < 1.29 is 20.0 Å². The Bertz CT molecular complexity index is 995. The second-order valence-electron chi connectivity index (χ2n) is 14.4. The van der Waals surface area contributed by atoms with Gasteiger partial charge in [-0.1, -0.05) is 45.0 Å². The summed E-state index contributed by atoms with van der Waals surface area (Å²) in [5.41, 5.74) is 9.28. The first-order valence-corrected chi connectivity index (χ1v) is 13.7. The summed E-state index contributed by atoms with van der Waals surface area (Å²) in [7, 11) is 0. The van der Waals surface area contributed by atoms with Crippen LogP contribution in [0.5, 0.6) is 0 Å². The molecule has 0 atom stereocenters. The van der Waals surface area contributed by atoms with Gasteiger partial charge >= 0.3 is 45.5 Å². The van der Waals surface area contributed by atoms with Crippen molar-refractivity contribution in [3.8, 4) is 0 Å². The Morgan fingerprint density at radius 1 is 0.385 bits per heavy atom. The van der Waals surface area contributed by atoms with Gasteiger partial charge in [0.1, 0.15) is 24.9 Å². The molecule has 2 heterocycles. The molecule has 0 saturated carbocycles. The number of hydrogen-bond acceptors (Lipinski definition) is 0. The Morgan fingerprint density at radius 3 is 0.667 bits per heavy atom. The Balaban J connectivity index is 0.000000722. The van der Waals surface area contributed by atoms with E-state index in [9.17, 15) is 0 Å². The third kappa shape index (κ3) is 14.8. The minimum absolute atomic E-state index is 0. The van der Waals surface area contributed by atoms with E-state index in [4.69, 9.17) is 0 Å². The third-order valence-electron chi connectivity index (χ3n) is 5.71. The van der Waals surface area contributed by atoms with Gasteiger partial charge in [0.25, 0.3) is 0 Å². The van der Waals surface area contributed by atoms with Crippen LogP contribution in [0.25, 0.3) is 0 Å². The van der Waals surface area contributed by atoms with E-state index < -0.39 is 0 Å². The maximum atomic E-state index is 4.68. The van der Waals surface area contributed by atoms with Crippen molar-refractivity contribution >= 4 is 70.3 Å². The van der Waals surface area contributed by atoms with Crippen molar-refractivity contribution in [1.29, 1.82) is 0 Å². The van der Waals surface area contributed by atoms with Crippen LogP contribution in [0.4, 0.5) is 0 Å². The van der Waals surface area contributed by atoms with Crippen molar-refractivity contribution in [2.24, 2.45) is 0 Å². The largest absolute Gasteiger partial charge is 2.00 e. The molecule has 0 aliphatic rings.